The Labute approximate surface area is 564 Å². The Hall–Kier alpha value is -10.4. The monoisotopic (exact) mass is 1340 g/mol. The molecule has 2 heterocycles. The van der Waals surface area contributed by atoms with Crippen molar-refractivity contribution in [2.45, 2.75) is 91.3 Å². The van der Waals surface area contributed by atoms with Crippen LogP contribution in [0.1, 0.15) is 82.9 Å². The zero-order valence-electron chi connectivity index (χ0n) is 52.8. The van der Waals surface area contributed by atoms with Crippen molar-refractivity contribution < 1.29 is 80.7 Å². The van der Waals surface area contributed by atoms with Gasteiger partial charge >= 0.3 is 35.8 Å². The topological polar surface area (TPSA) is 238 Å². The summed E-state index contributed by atoms with van der Waals surface area (Å²) in [7, 11) is -3.55. The quantitative estimate of drug-likeness (QED) is 0.0190. The van der Waals surface area contributed by atoms with Gasteiger partial charge in [0, 0.05) is 17.0 Å². The maximum atomic E-state index is 14.9. The second kappa shape index (κ2) is 31.4. The molecule has 21 heteroatoms. The maximum Gasteiger partial charge on any atom is 0.338 e. The van der Waals surface area contributed by atoms with Crippen molar-refractivity contribution in [1.82, 2.24) is 0 Å². The van der Waals surface area contributed by atoms with Crippen LogP contribution in [0.3, 0.4) is 0 Å². The molecule has 9 aromatic carbocycles. The molecule has 2 aliphatic rings. The third kappa shape index (κ3) is 16.3. The summed E-state index contributed by atoms with van der Waals surface area (Å²) in [4.78, 5) is 100. The highest BCUT2D eigenvalue weighted by atomic mass is 32.2. The molecular weight excluding hydrogens is 1270 g/mol. The van der Waals surface area contributed by atoms with E-state index in [-0.39, 0.29) is 39.1 Å². The average molecular weight is 1340 g/mol. The summed E-state index contributed by atoms with van der Waals surface area (Å²) in [6.07, 6.45) is -15.4. The molecule has 2 saturated heterocycles. The van der Waals surface area contributed by atoms with Crippen molar-refractivity contribution in [3.8, 4) is 0 Å². The number of ether oxygens (including phenoxy) is 9. The Morgan fingerprint density at radius 1 is 0.392 bits per heavy atom. The van der Waals surface area contributed by atoms with Crippen molar-refractivity contribution in [2.24, 2.45) is 0 Å². The van der Waals surface area contributed by atoms with E-state index in [1.54, 1.807) is 121 Å². The van der Waals surface area contributed by atoms with Crippen LogP contribution in [0.25, 0.3) is 0 Å². The molecule has 0 amide bonds. The summed E-state index contributed by atoms with van der Waals surface area (Å²) in [6, 6.07) is 72.7. The van der Waals surface area contributed by atoms with Crippen molar-refractivity contribution in [3.05, 3.63) is 310 Å². The minimum atomic E-state index is -3.55. The molecular formula is C76H67NO18SSi. The minimum Gasteiger partial charge on any atom is -0.452 e. The molecule has 19 nitrogen and oxygen atoms in total. The summed E-state index contributed by atoms with van der Waals surface area (Å²) < 4.78 is 67.6. The number of nitro benzene ring substituents is 1. The fourth-order valence-electron chi connectivity index (χ4n) is 11.6. The van der Waals surface area contributed by atoms with E-state index in [2.05, 4.69) is 20.8 Å². The van der Waals surface area contributed by atoms with Gasteiger partial charge in [-0.2, -0.15) is 0 Å². The highest BCUT2D eigenvalue weighted by Gasteiger charge is 2.58. The maximum absolute atomic E-state index is 14.9. The molecule has 0 saturated carbocycles. The predicted octanol–water partition coefficient (Wildman–Crippen LogP) is 12.1. The number of carbonyl (C=O) groups is 6. The van der Waals surface area contributed by atoms with Crippen LogP contribution in [0.5, 0.6) is 0 Å². The van der Waals surface area contributed by atoms with Gasteiger partial charge in [-0.15, -0.1) is 0 Å². The molecule has 494 valence electrons. The zero-order chi connectivity index (χ0) is 67.9. The van der Waals surface area contributed by atoms with Crippen LogP contribution in [-0.4, -0.2) is 123 Å². The Kier molecular flexibility index (Phi) is 22.0. The number of benzene rings is 9. The van der Waals surface area contributed by atoms with Gasteiger partial charge in [0.25, 0.3) is 14.0 Å². The van der Waals surface area contributed by atoms with Crippen LogP contribution in [0.2, 0.25) is 5.04 Å². The predicted molar refractivity (Wildman–Crippen MR) is 360 cm³/mol. The molecule has 11 rings (SSSR count). The standard InChI is InChI=1S/C76H67NO18SSi/c1-76(2,3)97(58-40-24-10-25-41-58,59-42-26-11-27-43-59)87-49-61-63(91-69(79)51-30-14-5-15-31-51)64(92-70(80)52-32-16-6-17-33-52)66(94-72(82)54-36-20-8-21-37-54)74(88-61)86-48-60-62(90-68(78)50-28-12-4-13-29-50)65(93-71(81)53-34-18-7-19-35-53)67(95-73(83)55-38-22-9-23-39-55)75(89-60)96-57-46-44-56(45-47-57)77(84)85/h4-47,60-67,74-75H,48-49H2,1-3H3/t60-,61-,62+,63+,64+,65+,66-,67-,74-,75+/m1/s1. The largest absolute Gasteiger partial charge is 0.452 e. The highest BCUT2D eigenvalue weighted by Crippen LogP contribution is 2.42. The van der Waals surface area contributed by atoms with Gasteiger partial charge in [-0.1, -0.05) is 202 Å². The zero-order valence-corrected chi connectivity index (χ0v) is 54.6. The van der Waals surface area contributed by atoms with E-state index in [9.17, 15) is 38.9 Å². The summed E-state index contributed by atoms with van der Waals surface area (Å²) in [6.45, 7) is 5.08. The fourth-order valence-corrected chi connectivity index (χ4v) is 17.3. The van der Waals surface area contributed by atoms with E-state index in [0.29, 0.717) is 4.90 Å². The van der Waals surface area contributed by atoms with Crippen LogP contribution in [0, 0.1) is 10.1 Å². The average Bonchev–Trinajstić information content (AvgIpc) is 0.745. The van der Waals surface area contributed by atoms with Gasteiger partial charge in [0.2, 0.25) is 0 Å². The van der Waals surface area contributed by atoms with E-state index in [0.717, 1.165) is 22.1 Å². The third-order valence-corrected chi connectivity index (χ3v) is 22.5. The normalized spacial score (nSPS) is 20.8. The van der Waals surface area contributed by atoms with E-state index < -0.39 is 128 Å². The first-order valence-corrected chi connectivity index (χ1v) is 34.0. The SMILES string of the molecule is CC(C)(C)[Si](OC[C@H]1O[C@@H](OC[C@H]2O[C@@H](Sc3ccc([N+](=O)[O-])cc3)[C@H](OC(=O)c3ccccc3)[C@@H](OC(=O)c3ccccc3)[C@H]2OC(=O)c2ccccc2)[C@H](OC(=O)c2ccccc2)[C@@H](OC(=O)c2ccccc2)[C@H]1OC(=O)c1ccccc1)(c1ccccc1)c1ccccc1. The number of rotatable bonds is 23. The molecule has 0 spiro atoms. The van der Waals surface area contributed by atoms with Gasteiger partial charge in [0.05, 0.1) is 51.5 Å². The molecule has 2 fully saturated rings. The first-order chi connectivity index (χ1) is 47.0. The van der Waals surface area contributed by atoms with Gasteiger partial charge in [-0.3, -0.25) is 10.1 Å². The number of nitrogens with zero attached hydrogens (tertiary/aromatic N) is 1. The van der Waals surface area contributed by atoms with Gasteiger partial charge in [0.15, 0.2) is 42.9 Å². The summed E-state index contributed by atoms with van der Waals surface area (Å²) in [5, 5.41) is 13.1. The van der Waals surface area contributed by atoms with E-state index in [4.69, 9.17) is 47.1 Å². The number of hydrogen-bond donors (Lipinski definition) is 0. The number of esters is 6. The van der Waals surface area contributed by atoms with Gasteiger partial charge < -0.3 is 47.1 Å². The van der Waals surface area contributed by atoms with E-state index in [1.165, 1.54) is 84.9 Å². The lowest BCUT2D eigenvalue weighted by atomic mass is 9.97. The number of carbonyl (C=O) groups excluding carboxylic acids is 6. The summed E-state index contributed by atoms with van der Waals surface area (Å²) in [5.74, 6) is -5.50. The van der Waals surface area contributed by atoms with Gasteiger partial charge in [-0.25, -0.2) is 28.8 Å². The van der Waals surface area contributed by atoms with Crippen molar-refractivity contribution in [2.75, 3.05) is 13.2 Å². The number of nitro groups is 1. The molecule has 0 bridgehead atoms. The van der Waals surface area contributed by atoms with Crippen LogP contribution in [-0.2, 0) is 47.1 Å². The molecule has 2 aliphatic heterocycles. The molecule has 9 aromatic rings. The molecule has 10 atom stereocenters. The summed E-state index contributed by atoms with van der Waals surface area (Å²) in [5.41, 5.74) is -1.22. The molecule has 0 N–H and O–H groups in total. The van der Waals surface area contributed by atoms with Crippen molar-refractivity contribution in [3.63, 3.8) is 0 Å². The Morgan fingerprint density at radius 2 is 0.691 bits per heavy atom. The number of thioether (sulfide) groups is 1. The smallest absolute Gasteiger partial charge is 0.338 e. The lowest BCUT2D eigenvalue weighted by Gasteiger charge is -2.48. The Balaban J connectivity index is 1.07. The number of non-ortho nitro benzene ring substituents is 1. The first kappa shape index (κ1) is 68.0. The molecule has 97 heavy (non-hydrogen) atoms. The number of hydrogen-bond acceptors (Lipinski definition) is 19. The summed E-state index contributed by atoms with van der Waals surface area (Å²) >= 11 is 0.934. The second-order valence-corrected chi connectivity index (χ2v) is 29.2. The molecule has 0 unspecified atom stereocenters. The van der Waals surface area contributed by atoms with E-state index >= 15 is 0 Å². The lowest BCUT2D eigenvalue weighted by molar-refractivity contribution is -0.384. The first-order valence-electron chi connectivity index (χ1n) is 31.2. The minimum absolute atomic E-state index is 0.0538. The van der Waals surface area contributed by atoms with Gasteiger partial charge in [-0.05, 0) is 100 Å². The van der Waals surface area contributed by atoms with Crippen LogP contribution >= 0.6 is 11.8 Å². The van der Waals surface area contributed by atoms with E-state index in [1.807, 2.05) is 60.7 Å². The highest BCUT2D eigenvalue weighted by molar-refractivity contribution is 7.99. The van der Waals surface area contributed by atoms with Crippen LogP contribution < -0.4 is 10.4 Å². The second-order valence-electron chi connectivity index (χ2n) is 23.7. The van der Waals surface area contributed by atoms with Gasteiger partial charge in [0.1, 0.15) is 17.6 Å². The molecule has 0 aliphatic carbocycles. The lowest BCUT2D eigenvalue weighted by Crippen LogP contribution is -2.69. The third-order valence-electron chi connectivity index (χ3n) is 16.3. The fraction of sp³-hybridized carbons (Fsp3) is 0.211. The molecule has 0 radical (unpaired) electrons. The van der Waals surface area contributed by atoms with Crippen LogP contribution in [0.4, 0.5) is 5.69 Å². The van der Waals surface area contributed by atoms with Crippen molar-refractivity contribution in [1.29, 1.82) is 0 Å². The van der Waals surface area contributed by atoms with Crippen molar-refractivity contribution >= 4 is 72.0 Å². The Morgan fingerprint density at radius 3 is 1.03 bits per heavy atom. The molecule has 0 aromatic heterocycles. The Bertz CT molecular complexity index is 4090. The van der Waals surface area contributed by atoms with Crippen LogP contribution in [0.15, 0.2) is 272 Å².